The van der Waals surface area contributed by atoms with Crippen molar-refractivity contribution < 1.29 is 14.3 Å². The number of aryl methyl sites for hydroxylation is 1. The first kappa shape index (κ1) is 20.3. The predicted molar refractivity (Wildman–Crippen MR) is 104 cm³/mol. The number of nitrogens with one attached hydrogen (secondary N) is 1. The number of hydrogen-bond acceptors (Lipinski definition) is 3. The lowest BCUT2D eigenvalue weighted by Crippen LogP contribution is -2.27. The molecule has 0 aliphatic rings. The van der Waals surface area contributed by atoms with E-state index in [9.17, 15) is 9.59 Å². The summed E-state index contributed by atoms with van der Waals surface area (Å²) < 4.78 is 5.48. The molecule has 1 amide bonds. The maximum Gasteiger partial charge on any atom is 0.312 e. The highest BCUT2D eigenvalue weighted by atomic mass is 35.5. The molecule has 0 radical (unpaired) electrons. The molecule has 6 heteroatoms. The number of benzene rings is 2. The molecule has 0 heterocycles. The van der Waals surface area contributed by atoms with Gasteiger partial charge < -0.3 is 10.1 Å². The van der Waals surface area contributed by atoms with E-state index in [4.69, 9.17) is 27.9 Å². The fraction of sp³-hybridized carbons (Fsp3) is 0.300. The van der Waals surface area contributed by atoms with Gasteiger partial charge in [-0.15, -0.1) is 0 Å². The number of hydrogen-bond donors (Lipinski definition) is 1. The minimum atomic E-state index is -0.423. The largest absolute Gasteiger partial charge is 0.426 e. The van der Waals surface area contributed by atoms with E-state index in [0.717, 1.165) is 11.1 Å². The van der Waals surface area contributed by atoms with Gasteiger partial charge in [-0.05, 0) is 48.2 Å². The molecule has 2 rings (SSSR count). The van der Waals surface area contributed by atoms with Gasteiger partial charge in [-0.25, -0.2) is 0 Å². The van der Waals surface area contributed by atoms with Gasteiger partial charge >= 0.3 is 5.97 Å². The molecular formula is C20H21Cl2NO3. The summed E-state index contributed by atoms with van der Waals surface area (Å²) in [4.78, 5) is 24.2. The summed E-state index contributed by atoms with van der Waals surface area (Å²) in [6.45, 7) is 6.02. The van der Waals surface area contributed by atoms with Gasteiger partial charge in [-0.2, -0.15) is 0 Å². The van der Waals surface area contributed by atoms with Crippen LogP contribution in [0, 0.1) is 6.92 Å². The van der Waals surface area contributed by atoms with Crippen molar-refractivity contribution in [2.45, 2.75) is 33.1 Å². The fourth-order valence-electron chi connectivity index (χ4n) is 2.40. The molecule has 4 nitrogen and oxygen atoms in total. The van der Waals surface area contributed by atoms with Crippen molar-refractivity contribution in [2.75, 3.05) is 6.54 Å². The minimum absolute atomic E-state index is 0.0510. The van der Waals surface area contributed by atoms with Crippen LogP contribution in [0.2, 0.25) is 10.0 Å². The average Bonchev–Trinajstić information content (AvgIpc) is 2.58. The highest BCUT2D eigenvalue weighted by Gasteiger charge is 2.15. The second-order valence-electron chi connectivity index (χ2n) is 6.25. The van der Waals surface area contributed by atoms with E-state index in [-0.39, 0.29) is 24.8 Å². The maximum absolute atomic E-state index is 12.1. The Bertz CT molecular complexity index is 819. The summed E-state index contributed by atoms with van der Waals surface area (Å²) in [6, 6.07) is 10.3. The molecule has 0 aliphatic carbocycles. The molecular weight excluding hydrogens is 373 g/mol. The second kappa shape index (κ2) is 9.06. The SMILES string of the molecule is Cc1cc(OC(=O)CCNC(=O)c2ccccc2Cl)c(C(C)C)cc1Cl. The Hall–Kier alpha value is -2.04. The van der Waals surface area contributed by atoms with Gasteiger partial charge in [0, 0.05) is 11.6 Å². The lowest BCUT2D eigenvalue weighted by atomic mass is 10.0. The Morgan fingerprint density at radius 1 is 1.12 bits per heavy atom. The third kappa shape index (κ3) is 5.23. The van der Waals surface area contributed by atoms with Crippen LogP contribution in [0.25, 0.3) is 0 Å². The molecule has 138 valence electrons. The predicted octanol–water partition coefficient (Wildman–Crippen LogP) is 5.15. The smallest absolute Gasteiger partial charge is 0.312 e. The molecule has 0 saturated carbocycles. The van der Waals surface area contributed by atoms with Crippen LogP contribution < -0.4 is 10.1 Å². The Morgan fingerprint density at radius 3 is 2.46 bits per heavy atom. The van der Waals surface area contributed by atoms with Crippen LogP contribution in [-0.4, -0.2) is 18.4 Å². The van der Waals surface area contributed by atoms with E-state index in [1.807, 2.05) is 26.8 Å². The number of esters is 1. The van der Waals surface area contributed by atoms with Crippen molar-refractivity contribution >= 4 is 35.1 Å². The Morgan fingerprint density at radius 2 is 1.81 bits per heavy atom. The lowest BCUT2D eigenvalue weighted by molar-refractivity contribution is -0.134. The fourth-order valence-corrected chi connectivity index (χ4v) is 2.80. The van der Waals surface area contributed by atoms with E-state index >= 15 is 0 Å². The normalized spacial score (nSPS) is 10.7. The molecule has 0 spiro atoms. The van der Waals surface area contributed by atoms with Gasteiger partial charge in [-0.3, -0.25) is 9.59 Å². The molecule has 1 N–H and O–H groups in total. The summed E-state index contributed by atoms with van der Waals surface area (Å²) in [5.74, 6) is -0.0816. The first-order valence-electron chi connectivity index (χ1n) is 8.33. The van der Waals surface area contributed by atoms with E-state index in [1.54, 1.807) is 30.3 Å². The highest BCUT2D eigenvalue weighted by Crippen LogP contribution is 2.32. The number of ether oxygens (including phenoxy) is 1. The van der Waals surface area contributed by atoms with Crippen LogP contribution >= 0.6 is 23.2 Å². The van der Waals surface area contributed by atoms with Crippen LogP contribution in [0.5, 0.6) is 5.75 Å². The van der Waals surface area contributed by atoms with Crippen molar-refractivity contribution in [1.29, 1.82) is 0 Å². The van der Waals surface area contributed by atoms with Gasteiger partial charge in [0.2, 0.25) is 0 Å². The van der Waals surface area contributed by atoms with E-state index in [2.05, 4.69) is 5.32 Å². The molecule has 0 bridgehead atoms. The van der Waals surface area contributed by atoms with Crippen LogP contribution in [0.15, 0.2) is 36.4 Å². The molecule has 2 aromatic carbocycles. The third-order valence-corrected chi connectivity index (χ3v) is 4.61. The van der Waals surface area contributed by atoms with E-state index < -0.39 is 5.97 Å². The molecule has 0 saturated heterocycles. The monoisotopic (exact) mass is 393 g/mol. The molecule has 26 heavy (non-hydrogen) atoms. The summed E-state index contributed by atoms with van der Waals surface area (Å²) in [7, 11) is 0. The molecule has 0 aliphatic heterocycles. The van der Waals surface area contributed by atoms with Gasteiger partial charge in [-0.1, -0.05) is 49.2 Å². The molecule has 0 aromatic heterocycles. The van der Waals surface area contributed by atoms with Crippen molar-refractivity contribution in [2.24, 2.45) is 0 Å². The number of halogens is 2. The van der Waals surface area contributed by atoms with E-state index in [0.29, 0.717) is 21.4 Å². The van der Waals surface area contributed by atoms with Crippen molar-refractivity contribution in [3.05, 3.63) is 63.1 Å². The number of carbonyl (C=O) groups is 2. The van der Waals surface area contributed by atoms with Crippen LogP contribution in [0.4, 0.5) is 0 Å². The van der Waals surface area contributed by atoms with Crippen molar-refractivity contribution in [3.63, 3.8) is 0 Å². The van der Waals surface area contributed by atoms with Gasteiger partial charge in [0.25, 0.3) is 5.91 Å². The number of amides is 1. The average molecular weight is 394 g/mol. The van der Waals surface area contributed by atoms with Gasteiger partial charge in [0.05, 0.1) is 17.0 Å². The molecule has 0 fully saturated rings. The van der Waals surface area contributed by atoms with Crippen molar-refractivity contribution in [3.8, 4) is 5.75 Å². The van der Waals surface area contributed by atoms with E-state index in [1.165, 1.54) is 0 Å². The molecule has 0 atom stereocenters. The first-order valence-corrected chi connectivity index (χ1v) is 9.08. The van der Waals surface area contributed by atoms with Crippen molar-refractivity contribution in [1.82, 2.24) is 5.32 Å². The summed E-state index contributed by atoms with van der Waals surface area (Å²) >= 11 is 12.1. The maximum atomic E-state index is 12.1. The molecule has 2 aromatic rings. The van der Waals surface area contributed by atoms with Crippen LogP contribution in [-0.2, 0) is 4.79 Å². The van der Waals surface area contributed by atoms with Gasteiger partial charge in [0.15, 0.2) is 0 Å². The Balaban J connectivity index is 1.94. The summed E-state index contributed by atoms with van der Waals surface area (Å²) in [6.07, 6.45) is 0.0510. The lowest BCUT2D eigenvalue weighted by Gasteiger charge is -2.15. The first-order chi connectivity index (χ1) is 12.3. The topological polar surface area (TPSA) is 55.4 Å². The zero-order valence-electron chi connectivity index (χ0n) is 14.9. The van der Waals surface area contributed by atoms with Crippen LogP contribution in [0.3, 0.4) is 0 Å². The summed E-state index contributed by atoms with van der Waals surface area (Å²) in [5, 5.41) is 3.67. The standard InChI is InChI=1S/C20H21Cl2NO3/c1-12(2)15-11-17(22)13(3)10-18(15)26-19(24)8-9-23-20(25)14-6-4-5-7-16(14)21/h4-7,10-12H,8-9H2,1-3H3,(H,23,25). The Kier molecular flexibility index (Phi) is 7.06. The minimum Gasteiger partial charge on any atom is -0.426 e. The molecule has 0 unspecified atom stereocenters. The second-order valence-corrected chi connectivity index (χ2v) is 7.07. The quantitative estimate of drug-likeness (QED) is 0.545. The number of carbonyl (C=O) groups excluding carboxylic acids is 2. The van der Waals surface area contributed by atoms with Crippen LogP contribution in [0.1, 0.15) is 47.7 Å². The zero-order chi connectivity index (χ0) is 19.3. The zero-order valence-corrected chi connectivity index (χ0v) is 16.4. The Labute approximate surface area is 163 Å². The summed E-state index contributed by atoms with van der Waals surface area (Å²) in [5.41, 5.74) is 2.08. The third-order valence-electron chi connectivity index (χ3n) is 3.87. The number of rotatable bonds is 6. The highest BCUT2D eigenvalue weighted by molar-refractivity contribution is 6.33. The van der Waals surface area contributed by atoms with Gasteiger partial charge in [0.1, 0.15) is 5.75 Å².